The number of hydrogen-bond donors (Lipinski definition) is 2. The summed E-state index contributed by atoms with van der Waals surface area (Å²) < 4.78 is 0. The van der Waals surface area contributed by atoms with Crippen LogP contribution in [0, 0.1) is 0 Å². The first-order chi connectivity index (χ1) is 7.75. The molecule has 0 saturated heterocycles. The van der Waals surface area contributed by atoms with E-state index in [0.717, 1.165) is 11.3 Å². The Hall–Kier alpha value is -1.84. The molecule has 1 heterocycles. The molecular formula is C12H16N2O2. The lowest BCUT2D eigenvalue weighted by molar-refractivity contribution is -0.119. The normalized spacial score (nSPS) is 14.4. The molecule has 1 aliphatic heterocycles. The molecule has 16 heavy (non-hydrogen) atoms. The SMILES string of the molecule is CC.O=C1CCc2ccccc2NC(=O)N1. The van der Waals surface area contributed by atoms with E-state index in [1.807, 2.05) is 38.1 Å². The zero-order valence-corrected chi connectivity index (χ0v) is 9.54. The number of imide groups is 1. The minimum Gasteiger partial charge on any atom is -0.307 e. The Labute approximate surface area is 95.0 Å². The molecule has 0 radical (unpaired) electrons. The maximum absolute atomic E-state index is 11.2. The molecule has 0 saturated carbocycles. The van der Waals surface area contributed by atoms with Crippen molar-refractivity contribution in [2.45, 2.75) is 26.7 Å². The first-order valence-electron chi connectivity index (χ1n) is 5.44. The van der Waals surface area contributed by atoms with Crippen molar-refractivity contribution in [1.29, 1.82) is 0 Å². The molecule has 0 aliphatic carbocycles. The monoisotopic (exact) mass is 220 g/mol. The largest absolute Gasteiger partial charge is 0.325 e. The molecule has 4 nitrogen and oxygen atoms in total. The van der Waals surface area contributed by atoms with Gasteiger partial charge in [-0.05, 0) is 18.1 Å². The number of urea groups is 1. The number of anilines is 1. The van der Waals surface area contributed by atoms with Crippen LogP contribution in [0.1, 0.15) is 25.8 Å². The van der Waals surface area contributed by atoms with Crippen molar-refractivity contribution in [3.8, 4) is 0 Å². The molecule has 0 spiro atoms. The molecule has 2 rings (SSSR count). The number of para-hydroxylation sites is 1. The highest BCUT2D eigenvalue weighted by Crippen LogP contribution is 2.17. The molecule has 0 bridgehead atoms. The average molecular weight is 220 g/mol. The van der Waals surface area contributed by atoms with Crippen LogP contribution in [0.25, 0.3) is 0 Å². The van der Waals surface area contributed by atoms with Crippen LogP contribution in [0.3, 0.4) is 0 Å². The van der Waals surface area contributed by atoms with Gasteiger partial charge in [-0.15, -0.1) is 0 Å². The Balaban J connectivity index is 0.000000606. The Morgan fingerprint density at radius 2 is 1.69 bits per heavy atom. The van der Waals surface area contributed by atoms with Crippen LogP contribution in [0.2, 0.25) is 0 Å². The molecule has 4 heteroatoms. The van der Waals surface area contributed by atoms with E-state index in [9.17, 15) is 9.59 Å². The van der Waals surface area contributed by atoms with Crippen LogP contribution in [0.5, 0.6) is 0 Å². The van der Waals surface area contributed by atoms with Gasteiger partial charge < -0.3 is 5.32 Å². The quantitative estimate of drug-likeness (QED) is 0.704. The molecule has 1 aliphatic rings. The maximum atomic E-state index is 11.2. The standard InChI is InChI=1S/C10H10N2O2.C2H6/c13-9-6-5-7-3-1-2-4-8(7)11-10(14)12-9;1-2/h1-4H,5-6H2,(H2,11,12,13,14);1-2H3. The van der Waals surface area contributed by atoms with Gasteiger partial charge in [-0.25, -0.2) is 4.79 Å². The lowest BCUT2D eigenvalue weighted by Crippen LogP contribution is -2.36. The number of carbonyl (C=O) groups is 2. The highest BCUT2D eigenvalue weighted by Gasteiger charge is 2.14. The maximum Gasteiger partial charge on any atom is 0.325 e. The second-order valence-corrected chi connectivity index (χ2v) is 3.16. The lowest BCUT2D eigenvalue weighted by atomic mass is 10.1. The van der Waals surface area contributed by atoms with Gasteiger partial charge in [0.1, 0.15) is 0 Å². The molecule has 0 unspecified atom stereocenters. The van der Waals surface area contributed by atoms with Gasteiger partial charge in [-0.3, -0.25) is 10.1 Å². The third-order valence-corrected chi connectivity index (χ3v) is 2.14. The summed E-state index contributed by atoms with van der Waals surface area (Å²) in [5.74, 6) is -0.239. The van der Waals surface area contributed by atoms with Crippen molar-refractivity contribution in [3.05, 3.63) is 29.8 Å². The predicted octanol–water partition coefficient (Wildman–Crippen LogP) is 2.31. The highest BCUT2D eigenvalue weighted by atomic mass is 16.2. The van der Waals surface area contributed by atoms with Crippen LogP contribution in [-0.4, -0.2) is 11.9 Å². The van der Waals surface area contributed by atoms with E-state index >= 15 is 0 Å². The zero-order valence-electron chi connectivity index (χ0n) is 9.54. The summed E-state index contributed by atoms with van der Waals surface area (Å²) in [4.78, 5) is 22.3. The fourth-order valence-corrected chi connectivity index (χ4v) is 1.45. The molecule has 0 fully saturated rings. The van der Waals surface area contributed by atoms with E-state index < -0.39 is 6.03 Å². The number of nitrogens with one attached hydrogen (secondary N) is 2. The van der Waals surface area contributed by atoms with Crippen molar-refractivity contribution < 1.29 is 9.59 Å². The summed E-state index contributed by atoms with van der Waals surface area (Å²) in [7, 11) is 0. The second kappa shape index (κ2) is 5.90. The van der Waals surface area contributed by atoms with Gasteiger partial charge in [0.15, 0.2) is 0 Å². The summed E-state index contributed by atoms with van der Waals surface area (Å²) in [5, 5.41) is 4.86. The number of aryl methyl sites for hydroxylation is 1. The zero-order chi connectivity index (χ0) is 12.0. The van der Waals surface area contributed by atoms with Crippen LogP contribution in [-0.2, 0) is 11.2 Å². The smallest absolute Gasteiger partial charge is 0.307 e. The molecule has 2 N–H and O–H groups in total. The second-order valence-electron chi connectivity index (χ2n) is 3.16. The first kappa shape index (κ1) is 12.2. The lowest BCUT2D eigenvalue weighted by Gasteiger charge is -2.14. The van der Waals surface area contributed by atoms with E-state index in [2.05, 4.69) is 10.6 Å². The van der Waals surface area contributed by atoms with Gasteiger partial charge in [0, 0.05) is 12.1 Å². The third kappa shape index (κ3) is 3.08. The van der Waals surface area contributed by atoms with E-state index in [1.165, 1.54) is 0 Å². The average Bonchev–Trinajstić information content (AvgIpc) is 2.28. The Kier molecular flexibility index (Phi) is 4.51. The summed E-state index contributed by atoms with van der Waals surface area (Å²) >= 11 is 0. The van der Waals surface area contributed by atoms with Gasteiger partial charge >= 0.3 is 6.03 Å². The van der Waals surface area contributed by atoms with Gasteiger partial charge in [0.2, 0.25) is 5.91 Å². The molecule has 86 valence electrons. The molecular weight excluding hydrogens is 204 g/mol. The minimum absolute atomic E-state index is 0.239. The van der Waals surface area contributed by atoms with Crippen molar-refractivity contribution in [1.82, 2.24) is 5.32 Å². The fraction of sp³-hybridized carbons (Fsp3) is 0.333. The van der Waals surface area contributed by atoms with Gasteiger partial charge in [-0.1, -0.05) is 32.0 Å². The van der Waals surface area contributed by atoms with Gasteiger partial charge in [0.25, 0.3) is 0 Å². The highest BCUT2D eigenvalue weighted by molar-refractivity contribution is 6.02. The van der Waals surface area contributed by atoms with Crippen LogP contribution in [0.15, 0.2) is 24.3 Å². The number of fused-ring (bicyclic) bond motifs is 1. The van der Waals surface area contributed by atoms with E-state index in [4.69, 9.17) is 0 Å². The predicted molar refractivity (Wildman–Crippen MR) is 63.3 cm³/mol. The van der Waals surface area contributed by atoms with Crippen LogP contribution in [0.4, 0.5) is 10.5 Å². The molecule has 1 aromatic carbocycles. The third-order valence-electron chi connectivity index (χ3n) is 2.14. The van der Waals surface area contributed by atoms with Crippen LogP contribution >= 0.6 is 0 Å². The van der Waals surface area contributed by atoms with E-state index in [0.29, 0.717) is 12.8 Å². The Bertz CT molecular complexity index is 388. The molecule has 3 amide bonds. The summed E-state index contributed by atoms with van der Waals surface area (Å²) in [6.45, 7) is 4.00. The van der Waals surface area contributed by atoms with Crippen molar-refractivity contribution in [2.24, 2.45) is 0 Å². The summed E-state index contributed by atoms with van der Waals surface area (Å²) in [6.07, 6.45) is 1.01. The number of hydrogen-bond acceptors (Lipinski definition) is 2. The number of rotatable bonds is 0. The fourth-order valence-electron chi connectivity index (χ4n) is 1.45. The molecule has 1 aromatic rings. The molecule has 0 atom stereocenters. The van der Waals surface area contributed by atoms with Crippen molar-refractivity contribution in [3.63, 3.8) is 0 Å². The first-order valence-corrected chi connectivity index (χ1v) is 5.44. The van der Waals surface area contributed by atoms with Gasteiger partial charge in [-0.2, -0.15) is 0 Å². The Morgan fingerprint density at radius 1 is 1.00 bits per heavy atom. The summed E-state index contributed by atoms with van der Waals surface area (Å²) in [5.41, 5.74) is 1.77. The van der Waals surface area contributed by atoms with Crippen molar-refractivity contribution >= 4 is 17.6 Å². The Morgan fingerprint density at radius 3 is 2.44 bits per heavy atom. The number of benzene rings is 1. The molecule has 0 aromatic heterocycles. The number of amides is 3. The van der Waals surface area contributed by atoms with E-state index in [-0.39, 0.29) is 5.91 Å². The minimum atomic E-state index is -0.456. The van der Waals surface area contributed by atoms with Crippen LogP contribution < -0.4 is 10.6 Å². The van der Waals surface area contributed by atoms with Gasteiger partial charge in [0.05, 0.1) is 0 Å². The number of carbonyl (C=O) groups excluding carboxylic acids is 2. The topological polar surface area (TPSA) is 58.2 Å². The van der Waals surface area contributed by atoms with Crippen molar-refractivity contribution in [2.75, 3.05) is 5.32 Å². The summed E-state index contributed by atoms with van der Waals surface area (Å²) in [6, 6.07) is 7.02. The van der Waals surface area contributed by atoms with E-state index in [1.54, 1.807) is 0 Å².